The molecular formula is C32H37ClFN7O4. The van der Waals surface area contributed by atoms with Gasteiger partial charge in [0.2, 0.25) is 5.91 Å². The predicted molar refractivity (Wildman–Crippen MR) is 172 cm³/mol. The van der Waals surface area contributed by atoms with Crippen molar-refractivity contribution in [3.05, 3.63) is 71.8 Å². The number of nitrogens with one attached hydrogen (secondary N) is 2. The van der Waals surface area contributed by atoms with E-state index in [0.717, 1.165) is 57.9 Å². The molecule has 3 fully saturated rings. The van der Waals surface area contributed by atoms with Crippen molar-refractivity contribution in [1.82, 2.24) is 14.9 Å². The Morgan fingerprint density at radius 1 is 1.09 bits per heavy atom. The Bertz CT molecular complexity index is 1530. The van der Waals surface area contributed by atoms with Gasteiger partial charge in [0.15, 0.2) is 5.82 Å². The number of ether oxygens (including phenoxy) is 2. The molecule has 0 bridgehead atoms. The smallest absolute Gasteiger partial charge is 0.247 e. The van der Waals surface area contributed by atoms with Gasteiger partial charge >= 0.3 is 0 Å². The third-order valence-electron chi connectivity index (χ3n) is 8.51. The van der Waals surface area contributed by atoms with Gasteiger partial charge in [-0.1, -0.05) is 30.3 Å². The molecule has 0 radical (unpaired) electrons. The number of hydrogen-bond donors (Lipinski definition) is 2. The molecule has 3 aromatic rings. The van der Waals surface area contributed by atoms with Crippen LogP contribution in [-0.4, -0.2) is 79.9 Å². The molecule has 2 N–H and O–H groups in total. The second-order valence-corrected chi connectivity index (χ2v) is 11.5. The topological polar surface area (TPSA) is 104 Å². The Labute approximate surface area is 266 Å². The monoisotopic (exact) mass is 637 g/mol. The first-order chi connectivity index (χ1) is 21.9. The van der Waals surface area contributed by atoms with Crippen molar-refractivity contribution in [2.75, 3.05) is 73.7 Å². The number of nitrogens with zero attached hydrogens (tertiary/aromatic N) is 5. The van der Waals surface area contributed by atoms with Crippen molar-refractivity contribution >= 4 is 46.2 Å². The second kappa shape index (κ2) is 14.0. The standard InChI is InChI=1S/C32H37ClFN7O4/c1-3-31(42)38-24-17-25(28(43-2)18-27(24)40-10-7-21(8-11-40)39-12-15-44-16-13-39)37-29-19-30(36-20-35-29)41-26(9-14-45-41)22-5-4-6-23(34)32(22)33/h3-6,17-21,26H,1,7-16H2,2H3,(H,38,42)(H,35,36,37)/t26-/m1/s1. The lowest BCUT2D eigenvalue weighted by Crippen LogP contribution is -2.49. The van der Waals surface area contributed by atoms with E-state index >= 15 is 0 Å². The lowest BCUT2D eigenvalue weighted by atomic mass is 10.0. The van der Waals surface area contributed by atoms with E-state index in [2.05, 4.69) is 37.0 Å². The normalized spacial score (nSPS) is 19.4. The SMILES string of the molecule is C=CC(=O)Nc1cc(Nc2cc(N3OCC[C@@H]3c3cccc(F)c3Cl)ncn2)c(OC)cc1N1CCC(N2CCOCC2)CC1. The molecule has 1 amide bonds. The zero-order valence-corrected chi connectivity index (χ0v) is 25.9. The molecule has 0 aliphatic carbocycles. The first-order valence-electron chi connectivity index (χ1n) is 15.1. The third-order valence-corrected chi connectivity index (χ3v) is 8.91. The maximum Gasteiger partial charge on any atom is 0.247 e. The largest absolute Gasteiger partial charge is 0.494 e. The van der Waals surface area contributed by atoms with Gasteiger partial charge in [-0.25, -0.2) is 19.4 Å². The Kier molecular flexibility index (Phi) is 9.64. The van der Waals surface area contributed by atoms with Crippen LogP contribution in [0.1, 0.15) is 30.9 Å². The average Bonchev–Trinajstić information content (AvgIpc) is 3.57. The summed E-state index contributed by atoms with van der Waals surface area (Å²) in [7, 11) is 1.60. The Morgan fingerprint density at radius 3 is 2.64 bits per heavy atom. The van der Waals surface area contributed by atoms with E-state index < -0.39 is 5.82 Å². The van der Waals surface area contributed by atoms with Crippen LogP contribution in [0.15, 0.2) is 55.4 Å². The number of piperidine rings is 1. The van der Waals surface area contributed by atoms with E-state index in [1.807, 2.05) is 12.1 Å². The molecule has 1 aromatic heterocycles. The van der Waals surface area contributed by atoms with Gasteiger partial charge in [-0.2, -0.15) is 0 Å². The summed E-state index contributed by atoms with van der Waals surface area (Å²) in [6, 6.07) is 10.4. The molecule has 3 aliphatic heterocycles. The fourth-order valence-corrected chi connectivity index (χ4v) is 6.48. The minimum absolute atomic E-state index is 0.0645. The lowest BCUT2D eigenvalue weighted by Gasteiger charge is -2.41. The van der Waals surface area contributed by atoms with Gasteiger partial charge in [0.05, 0.1) is 55.1 Å². The maximum absolute atomic E-state index is 14.2. The minimum Gasteiger partial charge on any atom is -0.494 e. The summed E-state index contributed by atoms with van der Waals surface area (Å²) in [5.41, 5.74) is 2.72. The third kappa shape index (κ3) is 6.84. The van der Waals surface area contributed by atoms with Crippen LogP contribution >= 0.6 is 11.6 Å². The number of benzene rings is 2. The summed E-state index contributed by atoms with van der Waals surface area (Å²) in [6.07, 6.45) is 5.31. The number of carbonyl (C=O) groups is 1. The first kappa shape index (κ1) is 31.0. The average molecular weight is 638 g/mol. The molecule has 13 heteroatoms. The number of amides is 1. The molecule has 4 heterocycles. The van der Waals surface area contributed by atoms with Crippen molar-refractivity contribution < 1.29 is 23.5 Å². The van der Waals surface area contributed by atoms with Crippen molar-refractivity contribution in [1.29, 1.82) is 0 Å². The zero-order valence-electron chi connectivity index (χ0n) is 25.2. The Hall–Kier alpha value is -3.97. The molecular weight excluding hydrogens is 601 g/mol. The maximum atomic E-state index is 14.2. The summed E-state index contributed by atoms with van der Waals surface area (Å²) in [6.45, 7) is 9.24. The van der Waals surface area contributed by atoms with E-state index in [1.165, 1.54) is 18.5 Å². The molecule has 3 aliphatic rings. The van der Waals surface area contributed by atoms with Crippen molar-refractivity contribution in [3.63, 3.8) is 0 Å². The van der Waals surface area contributed by atoms with Crippen LogP contribution < -0.4 is 25.3 Å². The van der Waals surface area contributed by atoms with Gasteiger partial charge in [-0.3, -0.25) is 14.5 Å². The van der Waals surface area contributed by atoms with E-state index in [-0.39, 0.29) is 17.0 Å². The van der Waals surface area contributed by atoms with E-state index in [9.17, 15) is 9.18 Å². The predicted octanol–water partition coefficient (Wildman–Crippen LogP) is 5.33. The van der Waals surface area contributed by atoms with E-state index in [4.69, 9.17) is 25.9 Å². The summed E-state index contributed by atoms with van der Waals surface area (Å²) < 4.78 is 25.6. The number of aromatic nitrogens is 2. The number of morpholine rings is 1. The highest BCUT2D eigenvalue weighted by atomic mass is 35.5. The lowest BCUT2D eigenvalue weighted by molar-refractivity contribution is -0.111. The van der Waals surface area contributed by atoms with Gasteiger partial charge in [-0.15, -0.1) is 0 Å². The molecule has 45 heavy (non-hydrogen) atoms. The molecule has 11 nitrogen and oxygen atoms in total. The number of anilines is 5. The molecule has 0 unspecified atom stereocenters. The Balaban J connectivity index is 1.24. The van der Waals surface area contributed by atoms with Crippen LogP contribution in [-0.2, 0) is 14.4 Å². The van der Waals surface area contributed by atoms with E-state index in [1.54, 1.807) is 30.4 Å². The minimum atomic E-state index is -0.484. The second-order valence-electron chi connectivity index (χ2n) is 11.1. The molecule has 1 atom stereocenters. The number of hydroxylamine groups is 1. The summed E-state index contributed by atoms with van der Waals surface area (Å²) >= 11 is 6.31. The fraction of sp³-hybridized carbons (Fsp3) is 0.406. The van der Waals surface area contributed by atoms with Crippen LogP contribution in [0.25, 0.3) is 0 Å². The van der Waals surface area contributed by atoms with Gasteiger partial charge in [0.1, 0.15) is 23.7 Å². The van der Waals surface area contributed by atoms with Crippen LogP contribution in [0.3, 0.4) is 0 Å². The number of halogens is 2. The van der Waals surface area contributed by atoms with Crippen LogP contribution in [0.4, 0.5) is 33.1 Å². The van der Waals surface area contributed by atoms with Crippen molar-refractivity contribution in [2.24, 2.45) is 0 Å². The summed E-state index contributed by atoms with van der Waals surface area (Å²) in [5.74, 6) is 0.738. The molecule has 0 saturated carbocycles. The van der Waals surface area contributed by atoms with Gasteiger partial charge < -0.3 is 25.0 Å². The molecule has 0 spiro atoms. The highest BCUT2D eigenvalue weighted by molar-refractivity contribution is 6.31. The van der Waals surface area contributed by atoms with Crippen LogP contribution in [0.2, 0.25) is 5.02 Å². The van der Waals surface area contributed by atoms with Gasteiger partial charge in [0, 0.05) is 50.8 Å². The molecule has 3 saturated heterocycles. The van der Waals surface area contributed by atoms with E-state index in [0.29, 0.717) is 53.4 Å². The Morgan fingerprint density at radius 2 is 1.89 bits per heavy atom. The zero-order chi connectivity index (χ0) is 31.3. The highest BCUT2D eigenvalue weighted by Crippen LogP contribution is 2.41. The van der Waals surface area contributed by atoms with Crippen LogP contribution in [0.5, 0.6) is 5.75 Å². The summed E-state index contributed by atoms with van der Waals surface area (Å²) in [4.78, 5) is 32.0. The quantitative estimate of drug-likeness (QED) is 0.299. The number of rotatable bonds is 9. The number of methoxy groups -OCH3 is 1. The molecule has 6 rings (SSSR count). The highest BCUT2D eigenvalue weighted by Gasteiger charge is 2.32. The number of hydrogen-bond acceptors (Lipinski definition) is 10. The molecule has 2 aromatic carbocycles. The van der Waals surface area contributed by atoms with Gasteiger partial charge in [-0.05, 0) is 36.6 Å². The van der Waals surface area contributed by atoms with Crippen LogP contribution in [0, 0.1) is 5.82 Å². The fourth-order valence-electron chi connectivity index (χ4n) is 6.22. The van der Waals surface area contributed by atoms with Gasteiger partial charge in [0.25, 0.3) is 0 Å². The van der Waals surface area contributed by atoms with Crippen molar-refractivity contribution in [3.8, 4) is 5.75 Å². The summed E-state index contributed by atoms with van der Waals surface area (Å²) in [5, 5.41) is 7.98. The number of carbonyl (C=O) groups excluding carboxylic acids is 1. The van der Waals surface area contributed by atoms with Crippen molar-refractivity contribution in [2.45, 2.75) is 31.3 Å². The molecule has 238 valence electrons. The first-order valence-corrected chi connectivity index (χ1v) is 15.5.